The summed E-state index contributed by atoms with van der Waals surface area (Å²) in [5, 5.41) is 3.90. The Labute approximate surface area is 125 Å². The zero-order valence-electron chi connectivity index (χ0n) is 12.1. The van der Waals surface area contributed by atoms with Crippen LogP contribution >= 0.6 is 11.6 Å². The van der Waals surface area contributed by atoms with Gasteiger partial charge in [-0.25, -0.2) is 0 Å². The quantitative estimate of drug-likeness (QED) is 0.922. The van der Waals surface area contributed by atoms with Crippen molar-refractivity contribution in [2.75, 3.05) is 13.2 Å². The number of halogens is 1. The minimum Gasteiger partial charge on any atom is -0.381 e. The van der Waals surface area contributed by atoms with Gasteiger partial charge in [0, 0.05) is 24.2 Å². The zero-order chi connectivity index (χ0) is 14.5. The van der Waals surface area contributed by atoms with Gasteiger partial charge in [0.05, 0.1) is 6.04 Å². The monoisotopic (exact) mass is 295 g/mol. The molecule has 1 N–H and O–H groups in total. The van der Waals surface area contributed by atoms with E-state index < -0.39 is 0 Å². The third-order valence-electron chi connectivity index (χ3n) is 3.79. The fourth-order valence-electron chi connectivity index (χ4n) is 2.54. The molecule has 1 aliphatic heterocycles. The Hall–Kier alpha value is -1.06. The van der Waals surface area contributed by atoms with Crippen molar-refractivity contribution in [2.45, 2.75) is 32.7 Å². The predicted molar refractivity (Wildman–Crippen MR) is 80.7 cm³/mol. The first kappa shape index (κ1) is 15.3. The highest BCUT2D eigenvalue weighted by atomic mass is 35.5. The number of carbonyl (C=O) groups is 1. The van der Waals surface area contributed by atoms with Gasteiger partial charge in [0.15, 0.2) is 0 Å². The van der Waals surface area contributed by atoms with E-state index in [4.69, 9.17) is 16.3 Å². The number of benzene rings is 1. The molecule has 0 aromatic heterocycles. The van der Waals surface area contributed by atoms with E-state index in [2.05, 4.69) is 19.2 Å². The summed E-state index contributed by atoms with van der Waals surface area (Å²) < 4.78 is 5.31. The lowest BCUT2D eigenvalue weighted by Gasteiger charge is -2.27. The van der Waals surface area contributed by atoms with Crippen LogP contribution in [0.4, 0.5) is 0 Å². The molecule has 1 saturated heterocycles. The number of amides is 1. The molecule has 1 atom stereocenters. The fourth-order valence-corrected chi connectivity index (χ4v) is 2.66. The molecule has 1 aromatic rings. The maximum Gasteiger partial charge on any atom is 0.223 e. The highest BCUT2D eigenvalue weighted by Crippen LogP contribution is 2.25. The molecule has 0 radical (unpaired) electrons. The lowest BCUT2D eigenvalue weighted by atomic mass is 9.93. The van der Waals surface area contributed by atoms with E-state index in [1.165, 1.54) is 0 Å². The van der Waals surface area contributed by atoms with Crippen molar-refractivity contribution in [2.24, 2.45) is 11.8 Å². The van der Waals surface area contributed by atoms with Crippen molar-refractivity contribution in [3.05, 3.63) is 34.9 Å². The number of rotatable bonds is 4. The predicted octanol–water partition coefficient (Wildman–Crippen LogP) is 3.58. The Morgan fingerprint density at radius 3 is 2.40 bits per heavy atom. The van der Waals surface area contributed by atoms with Crippen molar-refractivity contribution >= 4 is 17.5 Å². The molecule has 4 heteroatoms. The summed E-state index contributed by atoms with van der Waals surface area (Å²) in [7, 11) is 0. The zero-order valence-corrected chi connectivity index (χ0v) is 12.8. The molecule has 0 unspecified atom stereocenters. The van der Waals surface area contributed by atoms with E-state index in [1.54, 1.807) is 0 Å². The van der Waals surface area contributed by atoms with Crippen LogP contribution in [-0.4, -0.2) is 19.1 Å². The van der Waals surface area contributed by atoms with Gasteiger partial charge in [-0.3, -0.25) is 4.79 Å². The molecule has 0 bridgehead atoms. The normalized spacial score (nSPS) is 18.0. The van der Waals surface area contributed by atoms with Gasteiger partial charge < -0.3 is 10.1 Å². The van der Waals surface area contributed by atoms with Gasteiger partial charge in [0.2, 0.25) is 5.91 Å². The molecule has 2 rings (SSSR count). The van der Waals surface area contributed by atoms with Gasteiger partial charge in [-0.15, -0.1) is 0 Å². The Morgan fingerprint density at radius 2 is 1.85 bits per heavy atom. The minimum absolute atomic E-state index is 0.0302. The molecular formula is C16H22ClNO2. The van der Waals surface area contributed by atoms with Crippen LogP contribution in [0.1, 0.15) is 38.3 Å². The smallest absolute Gasteiger partial charge is 0.223 e. The first-order chi connectivity index (χ1) is 9.58. The van der Waals surface area contributed by atoms with Crippen LogP contribution in [0.15, 0.2) is 24.3 Å². The molecule has 1 aromatic carbocycles. The summed E-state index contributed by atoms with van der Waals surface area (Å²) in [6.07, 6.45) is 1.63. The molecule has 1 heterocycles. The second-order valence-electron chi connectivity index (χ2n) is 5.67. The molecule has 1 aliphatic rings. The van der Waals surface area contributed by atoms with Gasteiger partial charge in [0.25, 0.3) is 0 Å². The number of hydrogen-bond donors (Lipinski definition) is 1. The molecular weight excluding hydrogens is 274 g/mol. The highest BCUT2D eigenvalue weighted by molar-refractivity contribution is 6.30. The first-order valence-electron chi connectivity index (χ1n) is 7.21. The van der Waals surface area contributed by atoms with Gasteiger partial charge in [0.1, 0.15) is 0 Å². The molecule has 1 fully saturated rings. The van der Waals surface area contributed by atoms with Crippen LogP contribution in [0.25, 0.3) is 0 Å². The summed E-state index contributed by atoms with van der Waals surface area (Å²) in [6.45, 7) is 5.60. The molecule has 1 amide bonds. The topological polar surface area (TPSA) is 38.3 Å². The molecule has 0 spiro atoms. The second kappa shape index (κ2) is 7.09. The fraction of sp³-hybridized carbons (Fsp3) is 0.562. The van der Waals surface area contributed by atoms with E-state index in [-0.39, 0.29) is 17.9 Å². The second-order valence-corrected chi connectivity index (χ2v) is 6.10. The summed E-state index contributed by atoms with van der Waals surface area (Å²) in [5.74, 6) is 0.555. The Morgan fingerprint density at radius 1 is 1.25 bits per heavy atom. The Kier molecular flexibility index (Phi) is 5.44. The van der Waals surface area contributed by atoms with Crippen molar-refractivity contribution < 1.29 is 9.53 Å². The minimum atomic E-state index is 0.0302. The number of hydrogen-bond acceptors (Lipinski definition) is 2. The molecule has 3 nitrogen and oxygen atoms in total. The van der Waals surface area contributed by atoms with Crippen molar-refractivity contribution in [3.8, 4) is 0 Å². The molecule has 0 saturated carbocycles. The van der Waals surface area contributed by atoms with Gasteiger partial charge in [-0.05, 0) is 36.5 Å². The van der Waals surface area contributed by atoms with Crippen molar-refractivity contribution in [1.29, 1.82) is 0 Å². The highest BCUT2D eigenvalue weighted by Gasteiger charge is 2.25. The van der Waals surface area contributed by atoms with E-state index in [1.807, 2.05) is 24.3 Å². The van der Waals surface area contributed by atoms with E-state index in [0.717, 1.165) is 18.4 Å². The first-order valence-corrected chi connectivity index (χ1v) is 7.59. The maximum absolute atomic E-state index is 12.4. The van der Waals surface area contributed by atoms with Crippen LogP contribution in [-0.2, 0) is 9.53 Å². The van der Waals surface area contributed by atoms with E-state index >= 15 is 0 Å². The van der Waals surface area contributed by atoms with Gasteiger partial charge >= 0.3 is 0 Å². The summed E-state index contributed by atoms with van der Waals surface area (Å²) in [5.41, 5.74) is 1.10. The molecule has 0 aliphatic carbocycles. The number of carbonyl (C=O) groups excluding carboxylic acids is 1. The summed E-state index contributed by atoms with van der Waals surface area (Å²) >= 11 is 5.92. The third-order valence-corrected chi connectivity index (χ3v) is 4.04. The van der Waals surface area contributed by atoms with E-state index in [9.17, 15) is 4.79 Å². The molecule has 20 heavy (non-hydrogen) atoms. The largest absolute Gasteiger partial charge is 0.381 e. The van der Waals surface area contributed by atoms with E-state index in [0.29, 0.717) is 24.2 Å². The van der Waals surface area contributed by atoms with Crippen LogP contribution < -0.4 is 5.32 Å². The van der Waals surface area contributed by atoms with Gasteiger partial charge in [-0.2, -0.15) is 0 Å². The Bertz CT molecular complexity index is 438. The van der Waals surface area contributed by atoms with Crippen LogP contribution in [0.5, 0.6) is 0 Å². The maximum atomic E-state index is 12.4. The molecule has 110 valence electrons. The van der Waals surface area contributed by atoms with Crippen LogP contribution in [0, 0.1) is 11.8 Å². The lowest BCUT2D eigenvalue weighted by molar-refractivity contribution is -0.129. The third kappa shape index (κ3) is 3.97. The summed E-state index contributed by atoms with van der Waals surface area (Å²) in [6, 6.07) is 7.73. The summed E-state index contributed by atoms with van der Waals surface area (Å²) in [4.78, 5) is 12.4. The average Bonchev–Trinajstić information content (AvgIpc) is 2.46. The number of ether oxygens (including phenoxy) is 1. The average molecular weight is 296 g/mol. The van der Waals surface area contributed by atoms with Crippen LogP contribution in [0.3, 0.4) is 0 Å². The Balaban J connectivity index is 2.05. The van der Waals surface area contributed by atoms with Crippen LogP contribution in [0.2, 0.25) is 5.02 Å². The number of nitrogens with one attached hydrogen (secondary N) is 1. The lowest BCUT2D eigenvalue weighted by Crippen LogP contribution is -2.38. The van der Waals surface area contributed by atoms with Crippen molar-refractivity contribution in [1.82, 2.24) is 5.32 Å². The standard InChI is InChI=1S/C16H22ClNO2/c1-11(2)15(12-3-5-14(17)6-4-12)18-16(19)13-7-9-20-10-8-13/h3-6,11,13,15H,7-10H2,1-2H3,(H,18,19)/t15-/m0/s1. The SMILES string of the molecule is CC(C)[C@H](NC(=O)C1CCOCC1)c1ccc(Cl)cc1. The van der Waals surface area contributed by atoms with Crippen molar-refractivity contribution in [3.63, 3.8) is 0 Å². The van der Waals surface area contributed by atoms with Gasteiger partial charge in [-0.1, -0.05) is 37.6 Å².